The number of amides is 4. The summed E-state index contributed by atoms with van der Waals surface area (Å²) in [5.41, 5.74) is 0.828. The molecule has 1 aliphatic rings. The summed E-state index contributed by atoms with van der Waals surface area (Å²) in [5.74, 6) is -0.746. The average Bonchev–Trinajstić information content (AvgIpc) is 2.90. The highest BCUT2D eigenvalue weighted by Gasteiger charge is 2.30. The molecular weight excluding hydrogens is 324 g/mol. The van der Waals surface area contributed by atoms with Crippen molar-refractivity contribution in [3.8, 4) is 5.88 Å². The number of aromatic hydroxyl groups is 1. The van der Waals surface area contributed by atoms with E-state index in [9.17, 15) is 19.5 Å². The minimum Gasteiger partial charge on any atom is -0.494 e. The third-order valence-corrected chi connectivity index (χ3v) is 4.33. The lowest BCUT2D eigenvalue weighted by Gasteiger charge is -2.22. The zero-order valence-corrected chi connectivity index (χ0v) is 14.1. The van der Waals surface area contributed by atoms with Gasteiger partial charge in [0, 0.05) is 44.0 Å². The zero-order chi connectivity index (χ0) is 18.1. The molecule has 8 nitrogen and oxygen atoms in total. The fourth-order valence-corrected chi connectivity index (χ4v) is 2.97. The standard InChI is InChI=1S/C17H20N4O4/c1-20(2)17(25)18-8-10-4-3-5-11-12(10)9-21(16(11)24)13-6-7-14(22)19-15(13)23/h3-5,9,13,24H,6-8H2,1-2H3,(H,18,25)(H,19,22,23). The maximum absolute atomic E-state index is 12.1. The van der Waals surface area contributed by atoms with Gasteiger partial charge in [0.25, 0.3) is 0 Å². The summed E-state index contributed by atoms with van der Waals surface area (Å²) in [6.45, 7) is 0.299. The van der Waals surface area contributed by atoms with Crippen LogP contribution in [0.3, 0.4) is 0 Å². The molecule has 2 heterocycles. The lowest BCUT2D eigenvalue weighted by molar-refractivity contribution is -0.135. The number of fused-ring (bicyclic) bond motifs is 1. The Balaban J connectivity index is 1.93. The molecule has 4 amide bonds. The van der Waals surface area contributed by atoms with Crippen molar-refractivity contribution in [1.29, 1.82) is 0 Å². The van der Waals surface area contributed by atoms with E-state index in [4.69, 9.17) is 0 Å². The predicted molar refractivity (Wildman–Crippen MR) is 90.9 cm³/mol. The van der Waals surface area contributed by atoms with Crippen LogP contribution in [-0.2, 0) is 16.1 Å². The van der Waals surface area contributed by atoms with Crippen molar-refractivity contribution in [3.05, 3.63) is 30.0 Å². The van der Waals surface area contributed by atoms with Gasteiger partial charge in [-0.25, -0.2) is 4.79 Å². The molecule has 0 radical (unpaired) electrons. The molecule has 3 rings (SSSR count). The van der Waals surface area contributed by atoms with Gasteiger partial charge in [-0.15, -0.1) is 0 Å². The van der Waals surface area contributed by atoms with Gasteiger partial charge >= 0.3 is 6.03 Å². The number of hydrogen-bond donors (Lipinski definition) is 3. The van der Waals surface area contributed by atoms with E-state index in [1.165, 1.54) is 9.47 Å². The van der Waals surface area contributed by atoms with Crippen LogP contribution in [0, 0.1) is 0 Å². The van der Waals surface area contributed by atoms with Gasteiger partial charge < -0.3 is 19.9 Å². The molecule has 1 unspecified atom stereocenters. The number of nitrogens with one attached hydrogen (secondary N) is 2. The molecule has 0 saturated carbocycles. The van der Waals surface area contributed by atoms with Gasteiger partial charge in [-0.05, 0) is 18.1 Å². The minimum absolute atomic E-state index is 0.0229. The van der Waals surface area contributed by atoms with E-state index in [-0.39, 0.29) is 24.2 Å². The molecule has 8 heteroatoms. The van der Waals surface area contributed by atoms with Crippen LogP contribution in [0.25, 0.3) is 10.8 Å². The molecule has 132 valence electrons. The Morgan fingerprint density at radius 3 is 2.80 bits per heavy atom. The van der Waals surface area contributed by atoms with Gasteiger partial charge in [-0.3, -0.25) is 14.9 Å². The van der Waals surface area contributed by atoms with Crippen molar-refractivity contribution in [2.75, 3.05) is 14.1 Å². The highest BCUT2D eigenvalue weighted by molar-refractivity contribution is 6.00. The molecule has 2 aromatic rings. The number of carbonyl (C=O) groups is 3. The van der Waals surface area contributed by atoms with E-state index in [1.54, 1.807) is 32.4 Å². The van der Waals surface area contributed by atoms with Crippen molar-refractivity contribution in [2.24, 2.45) is 0 Å². The molecule has 0 spiro atoms. The van der Waals surface area contributed by atoms with Crippen LogP contribution in [0.2, 0.25) is 0 Å². The fourth-order valence-electron chi connectivity index (χ4n) is 2.97. The van der Waals surface area contributed by atoms with Gasteiger partial charge in [-0.1, -0.05) is 12.1 Å². The Morgan fingerprint density at radius 2 is 2.12 bits per heavy atom. The Morgan fingerprint density at radius 1 is 1.36 bits per heavy atom. The van der Waals surface area contributed by atoms with E-state index in [1.807, 2.05) is 6.07 Å². The normalized spacial score (nSPS) is 17.4. The average molecular weight is 344 g/mol. The fraction of sp³-hybridized carbons (Fsp3) is 0.353. The largest absolute Gasteiger partial charge is 0.494 e. The summed E-state index contributed by atoms with van der Waals surface area (Å²) < 4.78 is 1.49. The van der Waals surface area contributed by atoms with Crippen LogP contribution in [0.5, 0.6) is 5.88 Å². The number of hydrogen-bond acceptors (Lipinski definition) is 4. The number of urea groups is 1. The molecule has 1 saturated heterocycles. The summed E-state index contributed by atoms with van der Waals surface area (Å²) >= 11 is 0. The van der Waals surface area contributed by atoms with Crippen molar-refractivity contribution in [2.45, 2.75) is 25.4 Å². The summed E-state index contributed by atoms with van der Waals surface area (Å²) in [6.07, 6.45) is 2.27. The van der Waals surface area contributed by atoms with E-state index in [0.29, 0.717) is 18.4 Å². The first-order chi connectivity index (χ1) is 11.9. The van der Waals surface area contributed by atoms with Crippen LogP contribution < -0.4 is 10.6 Å². The Bertz CT molecular complexity index is 856. The van der Waals surface area contributed by atoms with E-state index < -0.39 is 11.9 Å². The van der Waals surface area contributed by atoms with Crippen molar-refractivity contribution < 1.29 is 19.5 Å². The minimum atomic E-state index is -0.630. The maximum atomic E-state index is 12.1. The third kappa shape index (κ3) is 3.15. The summed E-state index contributed by atoms with van der Waals surface area (Å²) in [6, 6.07) is 4.55. The van der Waals surface area contributed by atoms with Gasteiger partial charge in [0.2, 0.25) is 11.8 Å². The molecule has 1 aromatic carbocycles. The van der Waals surface area contributed by atoms with E-state index >= 15 is 0 Å². The lowest BCUT2D eigenvalue weighted by atomic mass is 10.1. The van der Waals surface area contributed by atoms with E-state index in [0.717, 1.165) is 10.9 Å². The summed E-state index contributed by atoms with van der Waals surface area (Å²) in [4.78, 5) is 36.6. The number of carbonyl (C=O) groups excluding carboxylic acids is 3. The van der Waals surface area contributed by atoms with Crippen molar-refractivity contribution in [3.63, 3.8) is 0 Å². The zero-order valence-electron chi connectivity index (χ0n) is 14.1. The number of rotatable bonds is 3. The lowest BCUT2D eigenvalue weighted by Crippen LogP contribution is -2.41. The predicted octanol–water partition coefficient (Wildman–Crippen LogP) is 1.10. The van der Waals surface area contributed by atoms with Gasteiger partial charge in [0.05, 0.1) is 0 Å². The molecule has 25 heavy (non-hydrogen) atoms. The summed E-state index contributed by atoms with van der Waals surface area (Å²) in [5, 5.41) is 16.9. The smallest absolute Gasteiger partial charge is 0.317 e. The number of aromatic nitrogens is 1. The molecule has 1 atom stereocenters. The SMILES string of the molecule is CN(C)C(=O)NCc1cccc2c(O)n(C3CCC(=O)NC3=O)cc12. The van der Waals surface area contributed by atoms with Gasteiger partial charge in [0.1, 0.15) is 6.04 Å². The van der Waals surface area contributed by atoms with Gasteiger partial charge in [0.15, 0.2) is 5.88 Å². The molecule has 0 bridgehead atoms. The number of nitrogens with zero attached hydrogens (tertiary/aromatic N) is 2. The first kappa shape index (κ1) is 16.8. The monoisotopic (exact) mass is 344 g/mol. The van der Waals surface area contributed by atoms with Crippen LogP contribution in [0.4, 0.5) is 4.79 Å². The molecular formula is C17H20N4O4. The van der Waals surface area contributed by atoms with Crippen molar-refractivity contribution >= 4 is 28.6 Å². The molecule has 1 aliphatic heterocycles. The molecule has 1 aromatic heterocycles. The highest BCUT2D eigenvalue weighted by atomic mass is 16.3. The Kier molecular flexibility index (Phi) is 4.35. The second kappa shape index (κ2) is 6.46. The molecule has 1 fully saturated rings. The second-order valence-corrected chi connectivity index (χ2v) is 6.26. The highest BCUT2D eigenvalue weighted by Crippen LogP contribution is 2.34. The van der Waals surface area contributed by atoms with Crippen molar-refractivity contribution in [1.82, 2.24) is 20.1 Å². The van der Waals surface area contributed by atoms with Crippen LogP contribution >= 0.6 is 0 Å². The Labute approximate surface area is 144 Å². The summed E-state index contributed by atoms with van der Waals surface area (Å²) in [7, 11) is 3.31. The van der Waals surface area contributed by atoms with E-state index in [2.05, 4.69) is 10.6 Å². The van der Waals surface area contributed by atoms with Crippen LogP contribution in [-0.4, -0.2) is 46.5 Å². The maximum Gasteiger partial charge on any atom is 0.317 e. The quantitative estimate of drug-likeness (QED) is 0.725. The number of imide groups is 1. The molecule has 0 aliphatic carbocycles. The Hall–Kier alpha value is -3.03. The second-order valence-electron chi connectivity index (χ2n) is 6.26. The van der Waals surface area contributed by atoms with Gasteiger partial charge in [-0.2, -0.15) is 0 Å². The number of piperidine rings is 1. The topological polar surface area (TPSA) is 104 Å². The first-order valence-electron chi connectivity index (χ1n) is 7.98. The van der Waals surface area contributed by atoms with Crippen LogP contribution in [0.1, 0.15) is 24.4 Å². The number of benzene rings is 1. The first-order valence-corrected chi connectivity index (χ1v) is 7.98. The van der Waals surface area contributed by atoms with Crippen LogP contribution in [0.15, 0.2) is 24.4 Å². The molecule has 3 N–H and O–H groups in total. The third-order valence-electron chi connectivity index (χ3n) is 4.33.